The Bertz CT molecular complexity index is 1480. The summed E-state index contributed by atoms with van der Waals surface area (Å²) >= 11 is 0. The van der Waals surface area contributed by atoms with Crippen molar-refractivity contribution in [2.45, 2.75) is 56.7 Å². The van der Waals surface area contributed by atoms with Crippen molar-refractivity contribution in [3.05, 3.63) is 76.3 Å². The number of likely N-dealkylation sites (tertiary alicyclic amines) is 1. The van der Waals surface area contributed by atoms with Crippen LogP contribution in [0.4, 0.5) is 26.7 Å². The molecule has 0 bridgehead atoms. The highest BCUT2D eigenvalue weighted by molar-refractivity contribution is 5.93. The minimum absolute atomic E-state index is 0.0781. The van der Waals surface area contributed by atoms with Crippen molar-refractivity contribution < 1.29 is 46.1 Å². The molecular weight excluding hydrogens is 591 g/mol. The predicted octanol–water partition coefficient (Wildman–Crippen LogP) is 5.82. The predicted molar refractivity (Wildman–Crippen MR) is 149 cm³/mol. The summed E-state index contributed by atoms with van der Waals surface area (Å²) < 4.78 is 83.1. The highest BCUT2D eigenvalue weighted by atomic mass is 19.4. The van der Waals surface area contributed by atoms with Crippen LogP contribution in [0, 0.1) is 5.92 Å². The first-order valence-corrected chi connectivity index (χ1v) is 14.2. The summed E-state index contributed by atoms with van der Waals surface area (Å²) in [5.74, 6) is -2.04. The summed E-state index contributed by atoms with van der Waals surface area (Å²) in [5.41, 5.74) is -1.06. The zero-order valence-corrected chi connectivity index (χ0v) is 23.8. The zero-order valence-electron chi connectivity index (χ0n) is 23.8. The van der Waals surface area contributed by atoms with E-state index >= 15 is 8.78 Å². The first kappa shape index (κ1) is 31.4. The van der Waals surface area contributed by atoms with E-state index in [0.717, 1.165) is 0 Å². The highest BCUT2D eigenvalue weighted by Crippen LogP contribution is 2.37. The molecule has 0 spiro atoms. The monoisotopic (exact) mass is 622 g/mol. The fourth-order valence-corrected chi connectivity index (χ4v) is 5.84. The number of carbonyl (C=O) groups excluding carboxylic acids is 1. The number of rotatable bonds is 6. The first-order chi connectivity index (χ1) is 21.0. The molecule has 9 nitrogen and oxygen atoms in total. The lowest BCUT2D eigenvalue weighted by atomic mass is 9.81. The van der Waals surface area contributed by atoms with E-state index in [-0.39, 0.29) is 30.4 Å². The Morgan fingerprint density at radius 3 is 2.55 bits per heavy atom. The molecule has 5 rings (SSSR count). The van der Waals surface area contributed by atoms with Gasteiger partial charge < -0.3 is 19.5 Å². The van der Waals surface area contributed by atoms with E-state index in [2.05, 4.69) is 10.1 Å². The standard InChI is InChI=1S/C30H31F5N4O5/c1-43-29(42)38-13-11-17(12-14-38)19-10-9-18(25(31)26(19)32)16-44-23-7-3-2-5-20(23)22-6-4-8-24(37-22)39-27(30(33,34)35)21(15-36-39)28(40)41/h3,5-7,9-10,15,17,23,25-26H,2,4,8,11-14,16H2,1H3,(H,40,41). The van der Waals surface area contributed by atoms with Crippen LogP contribution in [0.2, 0.25) is 0 Å². The number of aromatic nitrogens is 2. The fourth-order valence-electron chi connectivity index (χ4n) is 5.84. The Morgan fingerprint density at radius 1 is 1.11 bits per heavy atom. The van der Waals surface area contributed by atoms with Gasteiger partial charge in [0.1, 0.15) is 17.5 Å². The number of piperidine rings is 1. The lowest BCUT2D eigenvalue weighted by molar-refractivity contribution is -0.143. The van der Waals surface area contributed by atoms with Crippen molar-refractivity contribution in [3.8, 4) is 0 Å². The topological polar surface area (TPSA) is 106 Å². The number of carbonyl (C=O) groups is 2. The SMILES string of the molecule is COC(=O)N1CCC(C2=CC=C(COC3C=CCC=C3C3=CCCC(n4ncc(C(=O)O)c4C(F)(F)F)=N3)C(F)C2F)CC1. The molecule has 0 aromatic carbocycles. The molecule has 1 N–H and O–H groups in total. The summed E-state index contributed by atoms with van der Waals surface area (Å²) in [7, 11) is 1.29. The van der Waals surface area contributed by atoms with Crippen molar-refractivity contribution in [2.24, 2.45) is 10.9 Å². The smallest absolute Gasteiger partial charge is 0.434 e. The summed E-state index contributed by atoms with van der Waals surface area (Å²) in [4.78, 5) is 29.1. The van der Waals surface area contributed by atoms with Gasteiger partial charge in [-0.05, 0) is 42.7 Å². The molecule has 1 amide bonds. The number of aromatic carboxylic acids is 1. The zero-order chi connectivity index (χ0) is 31.6. The van der Waals surface area contributed by atoms with Crippen LogP contribution in [0.25, 0.3) is 0 Å². The number of carboxylic acid groups (broad SMARTS) is 1. The number of hydrogen-bond donors (Lipinski definition) is 1. The van der Waals surface area contributed by atoms with Crippen LogP contribution in [-0.2, 0) is 15.7 Å². The van der Waals surface area contributed by atoms with E-state index in [0.29, 0.717) is 66.5 Å². The van der Waals surface area contributed by atoms with E-state index in [9.17, 15) is 27.9 Å². The number of hydrogen-bond acceptors (Lipinski definition) is 6. The third-order valence-electron chi connectivity index (χ3n) is 8.10. The summed E-state index contributed by atoms with van der Waals surface area (Å²) in [6, 6.07) is 0. The third kappa shape index (κ3) is 6.40. The maximum Gasteiger partial charge on any atom is 0.434 e. The first-order valence-electron chi connectivity index (χ1n) is 14.2. The maximum atomic E-state index is 15.3. The number of ether oxygens (including phenoxy) is 2. The average Bonchev–Trinajstić information content (AvgIpc) is 3.49. The van der Waals surface area contributed by atoms with Gasteiger partial charge in [-0.2, -0.15) is 18.3 Å². The van der Waals surface area contributed by atoms with E-state index in [1.165, 1.54) is 18.1 Å². The summed E-state index contributed by atoms with van der Waals surface area (Å²) in [6.07, 6.45) is 2.76. The quantitative estimate of drug-likeness (QED) is 0.317. The molecule has 0 radical (unpaired) electrons. The molecule has 3 atom stereocenters. The molecule has 2 aliphatic heterocycles. The summed E-state index contributed by atoms with van der Waals surface area (Å²) in [5, 5.41) is 12.9. The average molecular weight is 623 g/mol. The Labute approximate surface area is 249 Å². The number of carboxylic acids is 1. The largest absolute Gasteiger partial charge is 0.478 e. The van der Waals surface area contributed by atoms with Crippen LogP contribution in [0.1, 0.15) is 48.2 Å². The molecule has 14 heteroatoms. The van der Waals surface area contributed by atoms with E-state index < -0.39 is 47.9 Å². The number of allylic oxidation sites excluding steroid dienone is 6. The van der Waals surface area contributed by atoms with Crippen LogP contribution >= 0.6 is 0 Å². The molecule has 1 saturated heterocycles. The molecule has 0 saturated carbocycles. The van der Waals surface area contributed by atoms with Gasteiger partial charge in [-0.25, -0.2) is 28.0 Å². The number of nitrogens with zero attached hydrogens (tertiary/aromatic N) is 4. The van der Waals surface area contributed by atoms with Gasteiger partial charge in [-0.3, -0.25) is 0 Å². The van der Waals surface area contributed by atoms with Crippen LogP contribution in [0.3, 0.4) is 0 Å². The maximum absolute atomic E-state index is 15.3. The Morgan fingerprint density at radius 2 is 1.86 bits per heavy atom. The third-order valence-corrected chi connectivity index (χ3v) is 8.10. The Kier molecular flexibility index (Phi) is 9.18. The number of methoxy groups -OCH3 is 1. The Hall–Kier alpha value is -4.07. The van der Waals surface area contributed by atoms with E-state index in [1.54, 1.807) is 24.3 Å². The number of aliphatic imine (C=N–C) groups is 1. The van der Waals surface area contributed by atoms with Crippen molar-refractivity contribution in [3.63, 3.8) is 0 Å². The molecule has 3 heterocycles. The van der Waals surface area contributed by atoms with E-state index in [1.807, 2.05) is 6.08 Å². The minimum atomic E-state index is -4.98. The molecule has 1 fully saturated rings. The molecule has 236 valence electrons. The van der Waals surface area contributed by atoms with Gasteiger partial charge in [0.25, 0.3) is 0 Å². The normalized spacial score (nSPS) is 24.6. The molecular formula is C30H31F5N4O5. The molecule has 2 aliphatic carbocycles. The van der Waals surface area contributed by atoms with Gasteiger partial charge in [-0.15, -0.1) is 0 Å². The van der Waals surface area contributed by atoms with Crippen LogP contribution < -0.4 is 0 Å². The van der Waals surface area contributed by atoms with Crippen LogP contribution in [0.5, 0.6) is 0 Å². The molecule has 1 aromatic rings. The second-order valence-corrected chi connectivity index (χ2v) is 10.8. The van der Waals surface area contributed by atoms with Crippen LogP contribution in [-0.4, -0.2) is 82.9 Å². The second kappa shape index (κ2) is 12.9. The lowest BCUT2D eigenvalue weighted by Crippen LogP contribution is -2.40. The van der Waals surface area contributed by atoms with Gasteiger partial charge in [0.15, 0.2) is 18.0 Å². The van der Waals surface area contributed by atoms with Gasteiger partial charge in [-0.1, -0.05) is 36.5 Å². The number of halogens is 5. The van der Waals surface area contributed by atoms with Crippen LogP contribution in [0.15, 0.2) is 70.1 Å². The molecule has 4 aliphatic rings. The van der Waals surface area contributed by atoms with Gasteiger partial charge in [0.05, 0.1) is 25.6 Å². The second-order valence-electron chi connectivity index (χ2n) is 10.8. The molecule has 1 aromatic heterocycles. The van der Waals surface area contributed by atoms with E-state index in [4.69, 9.17) is 9.47 Å². The van der Waals surface area contributed by atoms with Crippen molar-refractivity contribution in [2.75, 3.05) is 26.8 Å². The lowest BCUT2D eigenvalue weighted by Gasteiger charge is -2.35. The molecule has 3 unspecified atom stereocenters. The van der Waals surface area contributed by atoms with Gasteiger partial charge in [0.2, 0.25) is 0 Å². The van der Waals surface area contributed by atoms with Crippen molar-refractivity contribution in [1.82, 2.24) is 14.7 Å². The number of amides is 1. The number of alkyl halides is 5. The van der Waals surface area contributed by atoms with Gasteiger partial charge >= 0.3 is 18.2 Å². The molecule has 44 heavy (non-hydrogen) atoms. The fraction of sp³-hybridized carbons (Fsp3) is 0.467. The highest BCUT2D eigenvalue weighted by Gasteiger charge is 2.42. The summed E-state index contributed by atoms with van der Waals surface area (Å²) in [6.45, 7) is 0.543. The van der Waals surface area contributed by atoms with Crippen molar-refractivity contribution >= 4 is 17.9 Å². The van der Waals surface area contributed by atoms with Crippen molar-refractivity contribution in [1.29, 1.82) is 0 Å². The minimum Gasteiger partial charge on any atom is -0.478 e. The van der Waals surface area contributed by atoms with Gasteiger partial charge in [0, 0.05) is 25.1 Å². The Balaban J connectivity index is 1.29.